The van der Waals surface area contributed by atoms with Crippen molar-refractivity contribution in [2.24, 2.45) is 0 Å². The maximum absolute atomic E-state index is 12.2. The third-order valence-electron chi connectivity index (χ3n) is 5.52. The van der Waals surface area contributed by atoms with E-state index in [9.17, 15) is 9.90 Å². The van der Waals surface area contributed by atoms with Crippen molar-refractivity contribution in [3.05, 3.63) is 81.0 Å². The van der Waals surface area contributed by atoms with Gasteiger partial charge in [0.05, 0.1) is 17.9 Å². The van der Waals surface area contributed by atoms with Gasteiger partial charge in [0.15, 0.2) is 5.43 Å². The summed E-state index contributed by atoms with van der Waals surface area (Å²) < 4.78 is 8.47. The molecular weight excluding hydrogens is 362 g/mol. The van der Waals surface area contributed by atoms with Gasteiger partial charge in [-0.2, -0.15) is 0 Å². The molecular formula is C25H24NO3+. The van der Waals surface area contributed by atoms with Gasteiger partial charge in [-0.3, -0.25) is 4.79 Å². The Labute approximate surface area is 168 Å². The van der Waals surface area contributed by atoms with Crippen LogP contribution in [-0.2, 0) is 6.61 Å². The number of fused-ring (bicyclic) bond motifs is 2. The molecule has 0 bridgehead atoms. The third kappa shape index (κ3) is 3.15. The van der Waals surface area contributed by atoms with Crippen molar-refractivity contribution in [2.75, 3.05) is 13.1 Å². The molecule has 0 saturated carbocycles. The van der Waals surface area contributed by atoms with Crippen molar-refractivity contribution >= 4 is 28.5 Å². The van der Waals surface area contributed by atoms with Gasteiger partial charge in [0, 0.05) is 22.4 Å². The zero-order valence-corrected chi connectivity index (χ0v) is 16.7. The normalized spacial score (nSPS) is 11.3. The third-order valence-corrected chi connectivity index (χ3v) is 5.52. The Kier molecular flexibility index (Phi) is 5.03. The van der Waals surface area contributed by atoms with Crippen LogP contribution in [0, 0.1) is 0 Å². The van der Waals surface area contributed by atoms with E-state index >= 15 is 0 Å². The summed E-state index contributed by atoms with van der Waals surface area (Å²) in [6, 6.07) is 17.3. The number of nitrogens with zero attached hydrogens (tertiary/aromatic N) is 1. The van der Waals surface area contributed by atoms with Crippen LogP contribution in [0.15, 0.2) is 63.8 Å². The predicted molar refractivity (Wildman–Crippen MR) is 118 cm³/mol. The highest BCUT2D eigenvalue weighted by Gasteiger charge is 2.16. The molecule has 146 valence electrons. The average Bonchev–Trinajstić information content (AvgIpc) is 2.76. The summed E-state index contributed by atoms with van der Waals surface area (Å²) in [4.78, 5) is 12.2. The van der Waals surface area contributed by atoms with Gasteiger partial charge >= 0.3 is 0 Å². The smallest absolute Gasteiger partial charge is 0.203 e. The van der Waals surface area contributed by atoms with Gasteiger partial charge in [0.25, 0.3) is 0 Å². The molecule has 4 heteroatoms. The van der Waals surface area contributed by atoms with Crippen LogP contribution >= 0.6 is 0 Å². The topological polar surface area (TPSA) is 53.4 Å². The zero-order valence-electron chi connectivity index (χ0n) is 16.7. The maximum atomic E-state index is 12.2. The van der Waals surface area contributed by atoms with Crippen LogP contribution in [0.5, 0.6) is 0 Å². The van der Waals surface area contributed by atoms with Gasteiger partial charge < -0.3 is 9.52 Å². The molecule has 3 aromatic carbocycles. The van der Waals surface area contributed by atoms with Crippen LogP contribution in [-0.4, -0.2) is 18.2 Å². The van der Waals surface area contributed by atoms with Crippen LogP contribution in [0.2, 0.25) is 0 Å². The standard InChI is InChI=1S/C25H24NO3/c1-4-26(5-2)18-10-11-20-23(14-18)29-25-16(3)22(28)13-12-21(25)24(20)19-9-7-6-8-17(19)15-27/h6-14,27H,3-5,15H2,1-2H3/q+1. The van der Waals surface area contributed by atoms with E-state index in [-0.39, 0.29) is 12.0 Å². The van der Waals surface area contributed by atoms with Gasteiger partial charge in [-0.1, -0.05) is 30.8 Å². The van der Waals surface area contributed by atoms with Crippen molar-refractivity contribution < 1.29 is 9.52 Å². The number of benzene rings is 3. The first-order chi connectivity index (χ1) is 14.1. The van der Waals surface area contributed by atoms with Gasteiger partial charge in [-0.15, -0.1) is 0 Å². The second-order valence-electron chi connectivity index (χ2n) is 7.06. The molecule has 29 heavy (non-hydrogen) atoms. The lowest BCUT2D eigenvalue weighted by molar-refractivity contribution is 0.282. The summed E-state index contributed by atoms with van der Waals surface area (Å²) in [6.07, 6.45) is 0. The molecule has 0 aliphatic carbocycles. The van der Waals surface area contributed by atoms with Crippen molar-refractivity contribution in [3.8, 4) is 11.1 Å². The largest absolute Gasteiger partial charge is 0.455 e. The number of hydrogen-bond acceptors (Lipinski definition) is 3. The highest BCUT2D eigenvalue weighted by atomic mass is 16.3. The van der Waals surface area contributed by atoms with Crippen LogP contribution in [0.25, 0.3) is 39.6 Å². The fraction of sp³-hybridized carbons (Fsp3) is 0.200. The van der Waals surface area contributed by atoms with Crippen LogP contribution < -0.4 is 20.6 Å². The predicted octanol–water partition coefficient (Wildman–Crippen LogP) is 3.05. The summed E-state index contributed by atoms with van der Waals surface area (Å²) in [5, 5.41) is 13.1. The monoisotopic (exact) mass is 386 g/mol. The Morgan fingerprint density at radius 1 is 1.00 bits per heavy atom. The summed E-state index contributed by atoms with van der Waals surface area (Å²) in [5.74, 6) is 0. The molecule has 4 rings (SSSR count). The molecule has 4 aromatic rings. The molecule has 0 atom stereocenters. The van der Waals surface area contributed by atoms with Crippen molar-refractivity contribution in [3.63, 3.8) is 0 Å². The number of hydrogen-bond donors (Lipinski definition) is 1. The fourth-order valence-electron chi connectivity index (χ4n) is 3.96. The van der Waals surface area contributed by atoms with Gasteiger partial charge in [0.2, 0.25) is 5.36 Å². The van der Waals surface area contributed by atoms with Crippen molar-refractivity contribution in [2.45, 2.75) is 20.5 Å². The Hall–Kier alpha value is -3.24. The molecule has 4 nitrogen and oxygen atoms in total. The quantitative estimate of drug-likeness (QED) is 0.433. The summed E-state index contributed by atoms with van der Waals surface area (Å²) in [6.45, 7) is 9.90. The molecule has 1 aromatic heterocycles. The number of aliphatic hydroxyl groups is 1. The van der Waals surface area contributed by atoms with E-state index in [0.29, 0.717) is 16.4 Å². The Morgan fingerprint density at radius 2 is 1.72 bits per heavy atom. The first kappa shape index (κ1) is 19.1. The molecule has 0 aliphatic heterocycles. The molecule has 1 N–H and O–H groups in total. The second-order valence-corrected chi connectivity index (χ2v) is 7.06. The highest BCUT2D eigenvalue weighted by molar-refractivity contribution is 6.08. The van der Waals surface area contributed by atoms with E-state index in [4.69, 9.17) is 4.42 Å². The first-order valence-corrected chi connectivity index (χ1v) is 9.88. The van der Waals surface area contributed by atoms with E-state index in [2.05, 4.69) is 37.1 Å². The van der Waals surface area contributed by atoms with E-state index in [1.165, 1.54) is 6.07 Å². The van der Waals surface area contributed by atoms with E-state index < -0.39 is 0 Å². The van der Waals surface area contributed by atoms with Gasteiger partial charge in [-0.25, -0.2) is 4.58 Å². The van der Waals surface area contributed by atoms with Gasteiger partial charge in [0.1, 0.15) is 24.3 Å². The van der Waals surface area contributed by atoms with Gasteiger partial charge in [-0.05, 0) is 43.2 Å². The molecule has 0 fully saturated rings. The minimum atomic E-state index is -0.151. The molecule has 0 amide bonds. The summed E-state index contributed by atoms with van der Waals surface area (Å²) in [5.41, 5.74) is 3.73. The number of aliphatic hydroxyl groups excluding tert-OH is 1. The molecule has 0 spiro atoms. The molecule has 0 radical (unpaired) electrons. The second kappa shape index (κ2) is 7.64. The SMILES string of the molecule is C=c1c(=O)ccc2c(-c3ccccc3CO)c3ccc(=[N+](CC)CC)cc3oc12. The minimum Gasteiger partial charge on any atom is -0.455 e. The maximum Gasteiger partial charge on any atom is 0.203 e. The fourth-order valence-corrected chi connectivity index (χ4v) is 3.96. The Morgan fingerprint density at radius 3 is 2.45 bits per heavy atom. The Bertz CT molecular complexity index is 1390. The number of rotatable bonds is 4. The first-order valence-electron chi connectivity index (χ1n) is 9.88. The van der Waals surface area contributed by atoms with Crippen molar-refractivity contribution in [1.82, 2.24) is 4.58 Å². The average molecular weight is 386 g/mol. The molecule has 0 saturated heterocycles. The lowest BCUT2D eigenvalue weighted by atomic mass is 9.93. The lowest BCUT2D eigenvalue weighted by Gasteiger charge is -2.14. The molecule has 0 aliphatic rings. The van der Waals surface area contributed by atoms with Crippen LogP contribution in [0.4, 0.5) is 0 Å². The van der Waals surface area contributed by atoms with E-state index in [1.54, 1.807) is 6.07 Å². The minimum absolute atomic E-state index is 0.0698. The summed E-state index contributed by atoms with van der Waals surface area (Å²) >= 11 is 0. The van der Waals surface area contributed by atoms with E-state index in [1.807, 2.05) is 30.3 Å². The summed E-state index contributed by atoms with van der Waals surface area (Å²) in [7, 11) is 0. The van der Waals surface area contributed by atoms with Crippen LogP contribution in [0.3, 0.4) is 0 Å². The Balaban J connectivity index is 2.25. The molecule has 0 unspecified atom stereocenters. The van der Waals surface area contributed by atoms with Crippen molar-refractivity contribution in [1.29, 1.82) is 0 Å². The van der Waals surface area contributed by atoms with Crippen LogP contribution in [0.1, 0.15) is 19.4 Å². The lowest BCUT2D eigenvalue weighted by Crippen LogP contribution is -2.29. The van der Waals surface area contributed by atoms with E-state index in [0.717, 1.165) is 45.9 Å². The zero-order chi connectivity index (χ0) is 20.5. The molecule has 1 heterocycles. The highest BCUT2D eigenvalue weighted by Crippen LogP contribution is 2.36.